The van der Waals surface area contributed by atoms with Crippen LogP contribution in [0.2, 0.25) is 0 Å². The second-order valence-corrected chi connectivity index (χ2v) is 7.24. The zero-order chi connectivity index (χ0) is 19.2. The minimum Gasteiger partial charge on any atom is -0.345 e. The Kier molecular flexibility index (Phi) is 5.54. The minimum absolute atomic E-state index is 0.0516. The highest BCUT2D eigenvalue weighted by Crippen LogP contribution is 2.24. The molecule has 4 nitrogen and oxygen atoms in total. The zero-order valence-corrected chi connectivity index (χ0v) is 16.0. The number of nitrogens with one attached hydrogen (secondary N) is 1. The van der Waals surface area contributed by atoms with Gasteiger partial charge in [0, 0.05) is 23.3 Å². The van der Waals surface area contributed by atoms with Crippen LogP contribution in [0.25, 0.3) is 10.6 Å². The van der Waals surface area contributed by atoms with Crippen molar-refractivity contribution in [3.8, 4) is 10.6 Å². The maximum Gasteiger partial charge on any atom is 0.226 e. The fraction of sp³-hybridized carbons (Fsp3) is 0.0870. The van der Waals surface area contributed by atoms with E-state index in [2.05, 4.69) is 15.3 Å². The Morgan fingerprint density at radius 2 is 1.50 bits per heavy atom. The second kappa shape index (κ2) is 8.59. The molecule has 4 aromatic rings. The van der Waals surface area contributed by atoms with Gasteiger partial charge < -0.3 is 5.32 Å². The van der Waals surface area contributed by atoms with E-state index in [0.29, 0.717) is 0 Å². The fourth-order valence-corrected chi connectivity index (χ4v) is 3.87. The van der Waals surface area contributed by atoms with Crippen LogP contribution >= 0.6 is 11.3 Å². The first-order valence-electron chi connectivity index (χ1n) is 9.03. The lowest BCUT2D eigenvalue weighted by atomic mass is 9.98. The van der Waals surface area contributed by atoms with Gasteiger partial charge in [-0.2, -0.15) is 0 Å². The lowest BCUT2D eigenvalue weighted by Crippen LogP contribution is -2.30. The molecule has 0 saturated carbocycles. The molecule has 0 fully saturated rings. The van der Waals surface area contributed by atoms with E-state index in [-0.39, 0.29) is 18.4 Å². The quantitative estimate of drug-likeness (QED) is 0.525. The van der Waals surface area contributed by atoms with Gasteiger partial charge in [-0.05, 0) is 23.3 Å². The standard InChI is InChI=1S/C23H19N3OS/c27-21(15-20-16-28-23(25-20)19-11-13-24-14-12-19)26-22(17-7-3-1-4-8-17)18-9-5-2-6-10-18/h1-14,16,22H,15H2,(H,26,27). The molecule has 1 amide bonds. The summed E-state index contributed by atoms with van der Waals surface area (Å²) in [5.41, 5.74) is 3.89. The number of amides is 1. The monoisotopic (exact) mass is 385 g/mol. The first-order valence-corrected chi connectivity index (χ1v) is 9.91. The lowest BCUT2D eigenvalue weighted by Gasteiger charge is -2.19. The van der Waals surface area contributed by atoms with Crippen molar-refractivity contribution < 1.29 is 4.79 Å². The molecule has 1 N–H and O–H groups in total. The van der Waals surface area contributed by atoms with Crippen LogP contribution in [-0.4, -0.2) is 15.9 Å². The molecular formula is C23H19N3OS. The predicted molar refractivity (Wildman–Crippen MR) is 112 cm³/mol. The third-order valence-corrected chi connectivity index (χ3v) is 5.33. The average Bonchev–Trinajstić information content (AvgIpc) is 3.22. The van der Waals surface area contributed by atoms with Crippen LogP contribution < -0.4 is 5.32 Å². The van der Waals surface area contributed by atoms with Gasteiger partial charge in [-0.15, -0.1) is 11.3 Å². The second-order valence-electron chi connectivity index (χ2n) is 6.38. The van der Waals surface area contributed by atoms with Crippen molar-refractivity contribution in [1.29, 1.82) is 0 Å². The van der Waals surface area contributed by atoms with Gasteiger partial charge >= 0.3 is 0 Å². The number of thiazole rings is 1. The maximum absolute atomic E-state index is 12.8. The van der Waals surface area contributed by atoms with E-state index in [4.69, 9.17) is 0 Å². The summed E-state index contributed by atoms with van der Waals surface area (Å²) >= 11 is 1.54. The lowest BCUT2D eigenvalue weighted by molar-refractivity contribution is -0.121. The first kappa shape index (κ1) is 18.1. The number of aromatic nitrogens is 2. The van der Waals surface area contributed by atoms with Gasteiger partial charge in [0.05, 0.1) is 18.2 Å². The van der Waals surface area contributed by atoms with Crippen LogP contribution in [0.15, 0.2) is 90.6 Å². The maximum atomic E-state index is 12.8. The molecule has 0 unspecified atom stereocenters. The highest BCUT2D eigenvalue weighted by Gasteiger charge is 2.17. The minimum atomic E-state index is -0.187. The molecular weight excluding hydrogens is 366 g/mol. The zero-order valence-electron chi connectivity index (χ0n) is 15.2. The molecule has 0 atom stereocenters. The summed E-state index contributed by atoms with van der Waals surface area (Å²) < 4.78 is 0. The van der Waals surface area contributed by atoms with Gasteiger partial charge in [0.15, 0.2) is 0 Å². The SMILES string of the molecule is O=C(Cc1csc(-c2ccncc2)n1)NC(c1ccccc1)c1ccccc1. The molecule has 28 heavy (non-hydrogen) atoms. The summed E-state index contributed by atoms with van der Waals surface area (Å²) in [7, 11) is 0. The molecule has 0 radical (unpaired) electrons. The van der Waals surface area contributed by atoms with Crippen molar-refractivity contribution in [2.45, 2.75) is 12.5 Å². The Morgan fingerprint density at radius 1 is 0.893 bits per heavy atom. The molecule has 4 rings (SSSR count). The molecule has 2 heterocycles. The normalized spacial score (nSPS) is 10.8. The van der Waals surface area contributed by atoms with Crippen molar-refractivity contribution in [2.75, 3.05) is 0 Å². The number of hydrogen-bond acceptors (Lipinski definition) is 4. The topological polar surface area (TPSA) is 54.9 Å². The van der Waals surface area contributed by atoms with Gasteiger partial charge in [0.25, 0.3) is 0 Å². The van der Waals surface area contributed by atoms with Crippen LogP contribution in [0.5, 0.6) is 0 Å². The highest BCUT2D eigenvalue weighted by atomic mass is 32.1. The summed E-state index contributed by atoms with van der Waals surface area (Å²) in [4.78, 5) is 21.4. The van der Waals surface area contributed by atoms with Crippen molar-refractivity contribution in [1.82, 2.24) is 15.3 Å². The number of nitrogens with zero attached hydrogens (tertiary/aromatic N) is 2. The average molecular weight is 385 g/mol. The number of pyridine rings is 1. The Balaban J connectivity index is 1.50. The number of hydrogen-bond donors (Lipinski definition) is 1. The van der Waals surface area contributed by atoms with Crippen molar-refractivity contribution >= 4 is 17.2 Å². The van der Waals surface area contributed by atoms with E-state index in [1.54, 1.807) is 12.4 Å². The van der Waals surface area contributed by atoms with Crippen LogP contribution in [0.1, 0.15) is 22.9 Å². The highest BCUT2D eigenvalue weighted by molar-refractivity contribution is 7.13. The first-order chi connectivity index (χ1) is 13.8. The smallest absolute Gasteiger partial charge is 0.226 e. The summed E-state index contributed by atoms with van der Waals surface area (Å²) in [5.74, 6) is -0.0516. The summed E-state index contributed by atoms with van der Waals surface area (Å²) in [5, 5.41) is 6.00. The third kappa shape index (κ3) is 4.32. The van der Waals surface area contributed by atoms with Crippen molar-refractivity contribution in [3.05, 3.63) is 107 Å². The fourth-order valence-electron chi connectivity index (χ4n) is 3.04. The third-order valence-electron chi connectivity index (χ3n) is 4.39. The van der Waals surface area contributed by atoms with E-state index in [1.807, 2.05) is 78.2 Å². The van der Waals surface area contributed by atoms with Gasteiger partial charge in [-0.25, -0.2) is 4.98 Å². The van der Waals surface area contributed by atoms with Crippen LogP contribution in [0, 0.1) is 0 Å². The van der Waals surface area contributed by atoms with E-state index in [1.165, 1.54) is 11.3 Å². The van der Waals surface area contributed by atoms with Gasteiger partial charge in [-0.3, -0.25) is 9.78 Å². The Bertz CT molecular complexity index is 994. The molecule has 0 bridgehead atoms. The molecule has 2 aromatic heterocycles. The van der Waals surface area contributed by atoms with E-state index in [0.717, 1.165) is 27.4 Å². The van der Waals surface area contributed by atoms with Crippen LogP contribution in [0.3, 0.4) is 0 Å². The molecule has 2 aromatic carbocycles. The Morgan fingerprint density at radius 3 is 2.11 bits per heavy atom. The molecule has 0 aliphatic heterocycles. The summed E-state index contributed by atoms with van der Waals surface area (Å²) in [6, 6.07) is 23.7. The van der Waals surface area contributed by atoms with Crippen molar-refractivity contribution in [3.63, 3.8) is 0 Å². The molecule has 5 heteroatoms. The molecule has 0 aliphatic rings. The Hall–Kier alpha value is -3.31. The molecule has 138 valence electrons. The molecule has 0 spiro atoms. The van der Waals surface area contributed by atoms with Gasteiger partial charge in [0.1, 0.15) is 5.01 Å². The number of rotatable bonds is 6. The van der Waals surface area contributed by atoms with E-state index < -0.39 is 0 Å². The van der Waals surface area contributed by atoms with Crippen LogP contribution in [0.4, 0.5) is 0 Å². The van der Waals surface area contributed by atoms with E-state index >= 15 is 0 Å². The summed E-state index contributed by atoms with van der Waals surface area (Å²) in [6.45, 7) is 0. The summed E-state index contributed by atoms with van der Waals surface area (Å²) in [6.07, 6.45) is 3.73. The van der Waals surface area contributed by atoms with Crippen molar-refractivity contribution in [2.24, 2.45) is 0 Å². The number of benzene rings is 2. The van der Waals surface area contributed by atoms with E-state index in [9.17, 15) is 4.79 Å². The predicted octanol–water partition coefficient (Wildman–Crippen LogP) is 4.65. The van der Waals surface area contributed by atoms with Gasteiger partial charge in [0.2, 0.25) is 5.91 Å². The molecule has 0 aliphatic carbocycles. The molecule has 0 saturated heterocycles. The van der Waals surface area contributed by atoms with Crippen LogP contribution in [-0.2, 0) is 11.2 Å². The van der Waals surface area contributed by atoms with Gasteiger partial charge in [-0.1, -0.05) is 60.7 Å². The number of carbonyl (C=O) groups excluding carboxylic acids is 1. The Labute approximate surface area is 167 Å². The number of carbonyl (C=O) groups is 1. The largest absolute Gasteiger partial charge is 0.345 e.